The van der Waals surface area contributed by atoms with Crippen LogP contribution in [-0.4, -0.2) is 71.1 Å². The van der Waals surface area contributed by atoms with E-state index in [0.29, 0.717) is 60.6 Å². The van der Waals surface area contributed by atoms with Crippen molar-refractivity contribution >= 4 is 28.7 Å². The van der Waals surface area contributed by atoms with Crippen LogP contribution in [0.1, 0.15) is 19.7 Å². The molecule has 0 bridgehead atoms. The lowest BCUT2D eigenvalue weighted by molar-refractivity contribution is -0.141. The largest absolute Gasteiger partial charge is 0.377 e. The number of fused-ring (bicyclic) bond motifs is 1. The number of rotatable bonds is 5. The van der Waals surface area contributed by atoms with Crippen LogP contribution in [-0.2, 0) is 22.2 Å². The fraction of sp³-hybridized carbons (Fsp3) is 0.478. The second-order valence-corrected chi connectivity index (χ2v) is 8.67. The van der Waals surface area contributed by atoms with E-state index in [4.69, 9.17) is 19.4 Å². The van der Waals surface area contributed by atoms with E-state index in [1.165, 1.54) is 0 Å². The molecule has 1 atom stereocenters. The summed E-state index contributed by atoms with van der Waals surface area (Å²) >= 11 is 0. The molecule has 5 rings (SSSR count). The van der Waals surface area contributed by atoms with Gasteiger partial charge >= 0.3 is 6.03 Å². The fourth-order valence-electron chi connectivity index (χ4n) is 4.27. The Morgan fingerprint density at radius 1 is 1.21 bits per heavy atom. The first-order chi connectivity index (χ1) is 16.4. The van der Waals surface area contributed by atoms with Crippen LogP contribution >= 0.6 is 0 Å². The number of hydrogen-bond acceptors (Lipinski definition) is 7. The number of aromatic nitrogens is 4. The highest BCUT2D eigenvalue weighted by atomic mass is 19.1. The monoisotopic (exact) mass is 469 g/mol. The van der Waals surface area contributed by atoms with E-state index in [-0.39, 0.29) is 25.3 Å². The maximum atomic E-state index is 15.3. The van der Waals surface area contributed by atoms with Gasteiger partial charge in [-0.15, -0.1) is 0 Å². The summed E-state index contributed by atoms with van der Waals surface area (Å²) in [6.07, 6.45) is 0. The van der Waals surface area contributed by atoms with Crippen molar-refractivity contribution < 1.29 is 18.7 Å². The molecule has 0 radical (unpaired) electrons. The molecule has 3 aromatic rings. The van der Waals surface area contributed by atoms with Gasteiger partial charge < -0.3 is 29.6 Å². The maximum Gasteiger partial charge on any atom is 0.319 e. The number of nitrogens with one attached hydrogen (secondary N) is 2. The number of morpholine rings is 1. The zero-order chi connectivity index (χ0) is 23.9. The van der Waals surface area contributed by atoms with Gasteiger partial charge in [0.05, 0.1) is 32.5 Å². The van der Waals surface area contributed by atoms with Crippen molar-refractivity contribution in [3.63, 3.8) is 0 Å². The van der Waals surface area contributed by atoms with E-state index in [9.17, 15) is 4.79 Å². The molecule has 0 unspecified atom stereocenters. The molecule has 2 aliphatic rings. The normalized spacial score (nSPS) is 19.6. The van der Waals surface area contributed by atoms with Gasteiger partial charge in [-0.25, -0.2) is 24.1 Å². The van der Waals surface area contributed by atoms with Gasteiger partial charge in [-0.1, -0.05) is 0 Å². The van der Waals surface area contributed by atoms with Crippen LogP contribution in [0, 0.1) is 0 Å². The number of alkyl halides is 1. The highest BCUT2D eigenvalue weighted by Crippen LogP contribution is 2.37. The van der Waals surface area contributed by atoms with Gasteiger partial charge in [0, 0.05) is 31.4 Å². The first kappa shape index (κ1) is 22.5. The lowest BCUT2D eigenvalue weighted by Gasteiger charge is -2.34. The summed E-state index contributed by atoms with van der Waals surface area (Å²) < 4.78 is 27.7. The number of carbonyl (C=O) groups is 1. The smallest absolute Gasteiger partial charge is 0.319 e. The maximum absolute atomic E-state index is 15.3. The highest BCUT2D eigenvalue weighted by molar-refractivity contribution is 5.90. The Bertz CT molecular complexity index is 1210. The highest BCUT2D eigenvalue weighted by Gasteiger charge is 2.45. The zero-order valence-corrected chi connectivity index (χ0v) is 19.5. The van der Waals surface area contributed by atoms with Crippen LogP contribution in [0.3, 0.4) is 0 Å². The van der Waals surface area contributed by atoms with Crippen molar-refractivity contribution in [1.82, 2.24) is 24.8 Å². The molecule has 2 amide bonds. The lowest BCUT2D eigenvalue weighted by Crippen LogP contribution is -2.44. The van der Waals surface area contributed by atoms with Crippen molar-refractivity contribution in [3.8, 4) is 11.4 Å². The number of nitrogens with zero attached hydrogens (tertiary/aromatic N) is 5. The van der Waals surface area contributed by atoms with Gasteiger partial charge in [0.15, 0.2) is 28.6 Å². The van der Waals surface area contributed by atoms with Gasteiger partial charge in [0.2, 0.25) is 5.67 Å². The van der Waals surface area contributed by atoms with Crippen LogP contribution in [0.5, 0.6) is 0 Å². The Hall–Kier alpha value is -3.31. The van der Waals surface area contributed by atoms with Gasteiger partial charge in [0.1, 0.15) is 0 Å². The van der Waals surface area contributed by atoms with Crippen LogP contribution < -0.4 is 15.5 Å². The molecule has 34 heavy (non-hydrogen) atoms. The zero-order valence-electron chi connectivity index (χ0n) is 19.5. The van der Waals surface area contributed by atoms with Gasteiger partial charge in [-0.3, -0.25) is 0 Å². The second kappa shape index (κ2) is 8.80. The third-order valence-corrected chi connectivity index (χ3v) is 6.14. The summed E-state index contributed by atoms with van der Waals surface area (Å²) in [7, 11) is 1.77. The van der Waals surface area contributed by atoms with Crippen LogP contribution in [0.15, 0.2) is 24.3 Å². The molecule has 11 heteroatoms. The molecule has 2 aliphatic heterocycles. The van der Waals surface area contributed by atoms with E-state index >= 15 is 4.39 Å². The number of ether oxygens (including phenoxy) is 2. The number of carbonyl (C=O) groups excluding carboxylic acids is 1. The van der Waals surface area contributed by atoms with Crippen LogP contribution in [0.25, 0.3) is 22.6 Å². The Morgan fingerprint density at radius 3 is 2.62 bits per heavy atom. The molecule has 1 aromatic carbocycles. The number of imidazole rings is 1. The second-order valence-electron chi connectivity index (χ2n) is 8.67. The summed E-state index contributed by atoms with van der Waals surface area (Å²) in [4.78, 5) is 28.2. The molecular weight excluding hydrogens is 441 g/mol. The Kier molecular flexibility index (Phi) is 5.82. The Balaban J connectivity index is 1.58. The molecule has 2 N–H and O–H groups in total. The molecule has 2 saturated heterocycles. The van der Waals surface area contributed by atoms with Crippen molar-refractivity contribution in [2.45, 2.75) is 25.6 Å². The molecule has 180 valence electrons. The Labute approximate surface area is 196 Å². The van der Waals surface area contributed by atoms with Crippen molar-refractivity contribution in [3.05, 3.63) is 30.1 Å². The van der Waals surface area contributed by atoms with Gasteiger partial charge in [-0.05, 0) is 38.1 Å². The number of aryl methyl sites for hydroxylation is 1. The first-order valence-corrected chi connectivity index (χ1v) is 11.4. The van der Waals surface area contributed by atoms with E-state index in [0.717, 1.165) is 5.56 Å². The number of anilines is 2. The molecule has 4 heterocycles. The van der Waals surface area contributed by atoms with E-state index < -0.39 is 5.67 Å². The molecule has 0 spiro atoms. The average molecular weight is 470 g/mol. The van der Waals surface area contributed by atoms with E-state index in [1.807, 2.05) is 19.1 Å². The van der Waals surface area contributed by atoms with Crippen molar-refractivity contribution in [1.29, 1.82) is 0 Å². The predicted octanol–water partition coefficient (Wildman–Crippen LogP) is 2.59. The number of urea groups is 1. The number of amides is 2. The summed E-state index contributed by atoms with van der Waals surface area (Å²) in [5.74, 6) is 1.45. The standard InChI is InChI=1S/C23H28FN7O3/c1-4-25-22(32)26-16-7-5-15(6-8-16)18-28-19-17(20(29-18)31-9-10-33-11-14(31)2)27-21(30(19)3)23(24)12-34-13-23/h5-8,14H,4,9-13H2,1-3H3,(H2,25,26,32)/t14-/m0/s1. The summed E-state index contributed by atoms with van der Waals surface area (Å²) in [6.45, 7) is 6.22. The number of halogens is 1. The topological polar surface area (TPSA) is 106 Å². The minimum absolute atomic E-state index is 0.0200. The molecule has 2 fully saturated rings. The summed E-state index contributed by atoms with van der Waals surface area (Å²) in [5, 5.41) is 5.48. The molecule has 2 aromatic heterocycles. The third-order valence-electron chi connectivity index (χ3n) is 6.14. The minimum Gasteiger partial charge on any atom is -0.377 e. The summed E-state index contributed by atoms with van der Waals surface area (Å²) in [6, 6.07) is 7.11. The molecule has 0 aliphatic carbocycles. The Morgan fingerprint density at radius 2 is 1.97 bits per heavy atom. The quantitative estimate of drug-likeness (QED) is 0.592. The SMILES string of the molecule is CCNC(=O)Nc1ccc(-c2nc(N3CCOC[C@@H]3C)c3nc(C4(F)COC4)n(C)c3n2)cc1. The van der Waals surface area contributed by atoms with Gasteiger partial charge in [-0.2, -0.15) is 0 Å². The predicted molar refractivity (Wildman–Crippen MR) is 126 cm³/mol. The average Bonchev–Trinajstić information content (AvgIpc) is 3.15. The third kappa shape index (κ3) is 3.94. The minimum atomic E-state index is -1.63. The van der Waals surface area contributed by atoms with Crippen LogP contribution in [0.2, 0.25) is 0 Å². The van der Waals surface area contributed by atoms with E-state index in [2.05, 4.69) is 27.4 Å². The first-order valence-electron chi connectivity index (χ1n) is 11.4. The van der Waals surface area contributed by atoms with Gasteiger partial charge in [0.25, 0.3) is 0 Å². The fourth-order valence-corrected chi connectivity index (χ4v) is 4.27. The number of hydrogen-bond donors (Lipinski definition) is 2. The molecule has 10 nitrogen and oxygen atoms in total. The number of benzene rings is 1. The van der Waals surface area contributed by atoms with E-state index in [1.54, 1.807) is 23.7 Å². The van der Waals surface area contributed by atoms with Crippen LogP contribution in [0.4, 0.5) is 20.7 Å². The molecule has 0 saturated carbocycles. The summed E-state index contributed by atoms with van der Waals surface area (Å²) in [5.41, 5.74) is 0.923. The lowest BCUT2D eigenvalue weighted by atomic mass is 10.0. The van der Waals surface area contributed by atoms with Crippen molar-refractivity contribution in [2.24, 2.45) is 7.05 Å². The van der Waals surface area contributed by atoms with Crippen molar-refractivity contribution in [2.75, 3.05) is 49.7 Å². The molecular formula is C23H28FN7O3.